The Balaban J connectivity index is 1.61. The van der Waals surface area contributed by atoms with Crippen LogP contribution in [0.4, 0.5) is 5.69 Å². The third-order valence-corrected chi connectivity index (χ3v) is 4.74. The molecule has 0 saturated heterocycles. The Morgan fingerprint density at radius 1 is 1.12 bits per heavy atom. The minimum absolute atomic E-state index is 0.00269. The number of nitrogens with zero attached hydrogens (tertiary/aromatic N) is 3. The first-order chi connectivity index (χ1) is 12.6. The first-order valence-electron chi connectivity index (χ1n) is 7.91. The molecule has 0 fully saturated rings. The molecule has 4 rings (SSSR count). The van der Waals surface area contributed by atoms with E-state index in [2.05, 4.69) is 15.3 Å². The second-order valence-corrected chi connectivity index (χ2v) is 6.67. The van der Waals surface area contributed by atoms with Crippen LogP contribution in [0.1, 0.15) is 15.9 Å². The third kappa shape index (κ3) is 3.00. The molecule has 1 N–H and O–H groups in total. The highest BCUT2D eigenvalue weighted by atomic mass is 32.1. The molecule has 1 aromatic carbocycles. The molecule has 0 spiro atoms. The number of pyridine rings is 1. The molecule has 128 valence electrons. The summed E-state index contributed by atoms with van der Waals surface area (Å²) in [5.41, 5.74) is 2.60. The molecular weight excluding hydrogens is 348 g/mol. The molecule has 26 heavy (non-hydrogen) atoms. The van der Waals surface area contributed by atoms with E-state index >= 15 is 0 Å². The fraction of sp³-hybridized carbons (Fsp3) is 0.0526. The molecule has 3 heterocycles. The predicted molar refractivity (Wildman–Crippen MR) is 102 cm³/mol. The first-order valence-corrected chi connectivity index (χ1v) is 8.79. The van der Waals surface area contributed by atoms with Gasteiger partial charge in [-0.3, -0.25) is 14.0 Å². The fourth-order valence-corrected chi connectivity index (χ4v) is 3.24. The standard InChI is InChI=1S/C19H14N4O2S/c1-12-2-7-16-21-10-15(19(25)23(16)11-12)17(24)22-14-5-3-13(4-6-14)18-20-8-9-26-18/h2-11H,1H3,(H,22,24). The van der Waals surface area contributed by atoms with Crippen LogP contribution < -0.4 is 10.9 Å². The molecule has 0 bridgehead atoms. The van der Waals surface area contributed by atoms with E-state index in [-0.39, 0.29) is 5.56 Å². The van der Waals surface area contributed by atoms with Crippen molar-refractivity contribution < 1.29 is 4.79 Å². The summed E-state index contributed by atoms with van der Waals surface area (Å²) in [5, 5.41) is 5.56. The lowest BCUT2D eigenvalue weighted by molar-refractivity contribution is 0.102. The van der Waals surface area contributed by atoms with Crippen LogP contribution in [-0.2, 0) is 0 Å². The van der Waals surface area contributed by atoms with Crippen LogP contribution >= 0.6 is 11.3 Å². The quantitative estimate of drug-likeness (QED) is 0.606. The van der Waals surface area contributed by atoms with Crippen molar-refractivity contribution in [2.24, 2.45) is 0 Å². The summed E-state index contributed by atoms with van der Waals surface area (Å²) in [7, 11) is 0. The molecule has 0 radical (unpaired) electrons. The molecule has 3 aromatic heterocycles. The number of anilines is 1. The minimum atomic E-state index is -0.486. The Hall–Kier alpha value is -3.32. The van der Waals surface area contributed by atoms with E-state index < -0.39 is 11.5 Å². The van der Waals surface area contributed by atoms with Crippen LogP contribution in [0.5, 0.6) is 0 Å². The number of carbonyl (C=O) groups excluding carboxylic acids is 1. The van der Waals surface area contributed by atoms with Gasteiger partial charge in [0.05, 0.1) is 0 Å². The molecule has 0 aliphatic carbocycles. The highest BCUT2D eigenvalue weighted by Crippen LogP contribution is 2.23. The van der Waals surface area contributed by atoms with Crippen molar-refractivity contribution in [2.75, 3.05) is 5.32 Å². The smallest absolute Gasteiger partial charge is 0.270 e. The van der Waals surface area contributed by atoms with Gasteiger partial charge in [-0.25, -0.2) is 9.97 Å². The summed E-state index contributed by atoms with van der Waals surface area (Å²) < 4.78 is 1.38. The van der Waals surface area contributed by atoms with Gasteiger partial charge in [0, 0.05) is 35.2 Å². The summed E-state index contributed by atoms with van der Waals surface area (Å²) in [6.45, 7) is 1.88. The van der Waals surface area contributed by atoms with Gasteiger partial charge in [-0.15, -0.1) is 11.3 Å². The zero-order valence-electron chi connectivity index (χ0n) is 13.8. The van der Waals surface area contributed by atoms with Crippen molar-refractivity contribution in [3.05, 3.63) is 81.8 Å². The molecule has 0 aliphatic heterocycles. The van der Waals surface area contributed by atoms with Gasteiger partial charge in [0.25, 0.3) is 11.5 Å². The zero-order chi connectivity index (χ0) is 18.1. The van der Waals surface area contributed by atoms with E-state index in [1.807, 2.05) is 30.5 Å². The number of aryl methyl sites for hydroxylation is 1. The molecule has 1 amide bonds. The lowest BCUT2D eigenvalue weighted by Crippen LogP contribution is -2.26. The molecule has 0 aliphatic rings. The number of carbonyl (C=O) groups is 1. The van der Waals surface area contributed by atoms with E-state index in [4.69, 9.17) is 0 Å². The molecule has 7 heteroatoms. The Morgan fingerprint density at radius 2 is 1.92 bits per heavy atom. The van der Waals surface area contributed by atoms with Crippen molar-refractivity contribution in [3.8, 4) is 10.6 Å². The van der Waals surface area contributed by atoms with Crippen molar-refractivity contribution >= 4 is 28.6 Å². The molecule has 0 unspecified atom stereocenters. The maximum Gasteiger partial charge on any atom is 0.270 e. The predicted octanol–water partition coefficient (Wildman–Crippen LogP) is 3.38. The summed E-state index contributed by atoms with van der Waals surface area (Å²) in [4.78, 5) is 33.5. The summed E-state index contributed by atoms with van der Waals surface area (Å²) in [5.74, 6) is -0.486. The second-order valence-electron chi connectivity index (χ2n) is 5.78. The van der Waals surface area contributed by atoms with Gasteiger partial charge in [-0.1, -0.05) is 6.07 Å². The Bertz CT molecular complexity index is 1150. The van der Waals surface area contributed by atoms with Gasteiger partial charge >= 0.3 is 0 Å². The van der Waals surface area contributed by atoms with Crippen molar-refractivity contribution in [2.45, 2.75) is 6.92 Å². The van der Waals surface area contributed by atoms with Gasteiger partial charge in [-0.2, -0.15) is 0 Å². The van der Waals surface area contributed by atoms with Gasteiger partial charge < -0.3 is 5.32 Å². The van der Waals surface area contributed by atoms with Crippen LogP contribution in [0.15, 0.2) is 65.2 Å². The average molecular weight is 362 g/mol. The Kier molecular flexibility index (Phi) is 4.06. The van der Waals surface area contributed by atoms with E-state index in [1.54, 1.807) is 41.9 Å². The SMILES string of the molecule is Cc1ccc2ncc(C(=O)Nc3ccc(-c4nccs4)cc3)c(=O)n2c1. The monoisotopic (exact) mass is 362 g/mol. The molecule has 4 aromatic rings. The summed E-state index contributed by atoms with van der Waals surface area (Å²) >= 11 is 1.55. The third-order valence-electron chi connectivity index (χ3n) is 3.92. The Morgan fingerprint density at radius 3 is 2.65 bits per heavy atom. The van der Waals surface area contributed by atoms with E-state index in [0.29, 0.717) is 11.3 Å². The van der Waals surface area contributed by atoms with E-state index in [0.717, 1.165) is 16.1 Å². The number of aromatic nitrogens is 3. The van der Waals surface area contributed by atoms with Crippen LogP contribution in [0, 0.1) is 6.92 Å². The molecule has 6 nitrogen and oxygen atoms in total. The van der Waals surface area contributed by atoms with Gasteiger partial charge in [-0.05, 0) is 42.8 Å². The maximum atomic E-state index is 12.6. The topological polar surface area (TPSA) is 76.4 Å². The number of benzene rings is 1. The number of amides is 1. The van der Waals surface area contributed by atoms with Crippen molar-refractivity contribution in [3.63, 3.8) is 0 Å². The van der Waals surface area contributed by atoms with Crippen LogP contribution in [0.2, 0.25) is 0 Å². The van der Waals surface area contributed by atoms with Crippen LogP contribution in [0.25, 0.3) is 16.2 Å². The van der Waals surface area contributed by atoms with Gasteiger partial charge in [0.1, 0.15) is 16.2 Å². The van der Waals surface area contributed by atoms with Crippen LogP contribution in [0.3, 0.4) is 0 Å². The molecule has 0 saturated carbocycles. The Labute approximate surface area is 152 Å². The lowest BCUT2D eigenvalue weighted by Gasteiger charge is -2.07. The zero-order valence-corrected chi connectivity index (χ0v) is 14.7. The van der Waals surface area contributed by atoms with E-state index in [9.17, 15) is 9.59 Å². The maximum absolute atomic E-state index is 12.6. The number of nitrogens with one attached hydrogen (secondary N) is 1. The number of rotatable bonds is 3. The van der Waals surface area contributed by atoms with Gasteiger partial charge in [0.15, 0.2) is 0 Å². The number of hydrogen-bond acceptors (Lipinski definition) is 5. The lowest BCUT2D eigenvalue weighted by atomic mass is 10.2. The highest BCUT2D eigenvalue weighted by Gasteiger charge is 2.14. The number of hydrogen-bond donors (Lipinski definition) is 1. The highest BCUT2D eigenvalue weighted by molar-refractivity contribution is 7.13. The second kappa shape index (κ2) is 6.53. The summed E-state index contributed by atoms with van der Waals surface area (Å²) in [6.07, 6.45) is 4.73. The average Bonchev–Trinajstić information content (AvgIpc) is 3.18. The minimum Gasteiger partial charge on any atom is -0.322 e. The summed E-state index contributed by atoms with van der Waals surface area (Å²) in [6, 6.07) is 10.9. The molecular formula is C19H14N4O2S. The first kappa shape index (κ1) is 16.2. The fourth-order valence-electron chi connectivity index (χ4n) is 2.60. The largest absolute Gasteiger partial charge is 0.322 e. The number of fused-ring (bicyclic) bond motifs is 1. The molecule has 0 atom stereocenters. The number of thiazole rings is 1. The van der Waals surface area contributed by atoms with Crippen molar-refractivity contribution in [1.82, 2.24) is 14.4 Å². The van der Waals surface area contributed by atoms with Crippen molar-refractivity contribution in [1.29, 1.82) is 0 Å². The van der Waals surface area contributed by atoms with Crippen LogP contribution in [-0.4, -0.2) is 20.3 Å². The normalized spacial score (nSPS) is 10.8. The van der Waals surface area contributed by atoms with E-state index in [1.165, 1.54) is 10.6 Å². The van der Waals surface area contributed by atoms with Gasteiger partial charge in [0.2, 0.25) is 0 Å².